The minimum atomic E-state index is 0.643. The van der Waals surface area contributed by atoms with Gasteiger partial charge in [0.25, 0.3) is 0 Å². The van der Waals surface area contributed by atoms with Gasteiger partial charge in [-0.2, -0.15) is 0 Å². The molecule has 0 aliphatic carbocycles. The summed E-state index contributed by atoms with van der Waals surface area (Å²) in [6.45, 7) is 8.19. The predicted octanol–water partition coefficient (Wildman–Crippen LogP) is 3.79. The zero-order chi connectivity index (χ0) is 12.5. The van der Waals surface area contributed by atoms with Gasteiger partial charge in [0.2, 0.25) is 0 Å². The smallest absolute Gasteiger partial charge is 0.125 e. The van der Waals surface area contributed by atoms with Crippen molar-refractivity contribution >= 4 is 11.6 Å². The van der Waals surface area contributed by atoms with Gasteiger partial charge in [0.15, 0.2) is 0 Å². The van der Waals surface area contributed by atoms with Crippen LogP contribution in [0.2, 0.25) is 5.02 Å². The molecule has 2 nitrogen and oxygen atoms in total. The van der Waals surface area contributed by atoms with Crippen molar-refractivity contribution in [2.75, 3.05) is 13.2 Å². The first kappa shape index (κ1) is 14.1. The van der Waals surface area contributed by atoms with Crippen LogP contribution in [0, 0.1) is 0 Å². The summed E-state index contributed by atoms with van der Waals surface area (Å²) >= 11 is 6.18. The molecule has 0 spiro atoms. The molecule has 0 aromatic heterocycles. The molecule has 1 aromatic rings. The van der Waals surface area contributed by atoms with Gasteiger partial charge in [0.05, 0.1) is 6.61 Å². The molecule has 0 saturated carbocycles. The predicted molar refractivity (Wildman–Crippen MR) is 73.8 cm³/mol. The van der Waals surface area contributed by atoms with Crippen molar-refractivity contribution in [3.05, 3.63) is 41.4 Å². The summed E-state index contributed by atoms with van der Waals surface area (Å²) in [6, 6.07) is 5.76. The number of hydrogen-bond acceptors (Lipinski definition) is 2. The molecule has 0 fully saturated rings. The lowest BCUT2D eigenvalue weighted by atomic mass is 10.2. The first-order chi connectivity index (χ1) is 8.29. The maximum absolute atomic E-state index is 6.18. The Morgan fingerprint density at radius 2 is 2.29 bits per heavy atom. The van der Waals surface area contributed by atoms with Crippen LogP contribution in [0.1, 0.15) is 25.3 Å². The van der Waals surface area contributed by atoms with E-state index in [0.29, 0.717) is 6.61 Å². The zero-order valence-corrected chi connectivity index (χ0v) is 11.1. The molecular formula is C14H20ClNO. The molecule has 1 N–H and O–H groups in total. The lowest BCUT2D eigenvalue weighted by molar-refractivity contribution is 0.320. The third-order valence-corrected chi connectivity index (χ3v) is 2.74. The highest BCUT2D eigenvalue weighted by Gasteiger charge is 2.07. The normalized spacial score (nSPS) is 10.2. The SMILES string of the molecule is C=CCCOc1cccc(Cl)c1CNCCC. The molecule has 0 aliphatic heterocycles. The first-order valence-electron chi connectivity index (χ1n) is 6.01. The lowest BCUT2D eigenvalue weighted by Crippen LogP contribution is -2.15. The van der Waals surface area contributed by atoms with Crippen LogP contribution in [-0.4, -0.2) is 13.2 Å². The van der Waals surface area contributed by atoms with Gasteiger partial charge in [-0.1, -0.05) is 30.7 Å². The van der Waals surface area contributed by atoms with Crippen molar-refractivity contribution in [3.63, 3.8) is 0 Å². The summed E-state index contributed by atoms with van der Waals surface area (Å²) in [7, 11) is 0. The van der Waals surface area contributed by atoms with E-state index in [-0.39, 0.29) is 0 Å². The van der Waals surface area contributed by atoms with E-state index in [1.165, 1.54) is 0 Å². The molecule has 1 rings (SSSR count). The lowest BCUT2D eigenvalue weighted by Gasteiger charge is -2.13. The van der Waals surface area contributed by atoms with Crippen molar-refractivity contribution in [2.45, 2.75) is 26.3 Å². The third kappa shape index (κ3) is 4.80. The van der Waals surface area contributed by atoms with Crippen LogP contribution in [0.4, 0.5) is 0 Å². The van der Waals surface area contributed by atoms with E-state index in [0.717, 1.165) is 42.3 Å². The van der Waals surface area contributed by atoms with Crippen molar-refractivity contribution < 1.29 is 4.74 Å². The quantitative estimate of drug-likeness (QED) is 0.562. The van der Waals surface area contributed by atoms with Crippen LogP contribution in [0.25, 0.3) is 0 Å². The van der Waals surface area contributed by atoms with E-state index in [9.17, 15) is 0 Å². The van der Waals surface area contributed by atoms with Gasteiger partial charge < -0.3 is 10.1 Å². The Labute approximate surface area is 109 Å². The maximum atomic E-state index is 6.18. The fourth-order valence-electron chi connectivity index (χ4n) is 1.49. The first-order valence-corrected chi connectivity index (χ1v) is 6.39. The van der Waals surface area contributed by atoms with E-state index in [1.807, 2.05) is 24.3 Å². The van der Waals surface area contributed by atoms with E-state index in [1.54, 1.807) is 0 Å². The van der Waals surface area contributed by atoms with E-state index < -0.39 is 0 Å². The van der Waals surface area contributed by atoms with Gasteiger partial charge in [-0.25, -0.2) is 0 Å². The van der Waals surface area contributed by atoms with Crippen molar-refractivity contribution in [1.29, 1.82) is 0 Å². The van der Waals surface area contributed by atoms with Crippen LogP contribution in [0.5, 0.6) is 5.75 Å². The minimum absolute atomic E-state index is 0.643. The highest BCUT2D eigenvalue weighted by Crippen LogP contribution is 2.26. The number of hydrogen-bond donors (Lipinski definition) is 1. The van der Waals surface area contributed by atoms with Crippen LogP contribution < -0.4 is 10.1 Å². The molecule has 0 unspecified atom stereocenters. The summed E-state index contributed by atoms with van der Waals surface area (Å²) in [5.41, 5.74) is 1.03. The van der Waals surface area contributed by atoms with Crippen LogP contribution in [-0.2, 0) is 6.54 Å². The molecule has 0 amide bonds. The second kappa shape index (κ2) is 8.15. The van der Waals surface area contributed by atoms with Crippen LogP contribution in [0.3, 0.4) is 0 Å². The monoisotopic (exact) mass is 253 g/mol. The summed E-state index contributed by atoms with van der Waals surface area (Å²) in [4.78, 5) is 0. The Morgan fingerprint density at radius 3 is 3.00 bits per heavy atom. The summed E-state index contributed by atoms with van der Waals surface area (Å²) in [6.07, 6.45) is 3.80. The Balaban J connectivity index is 2.66. The molecule has 3 heteroatoms. The molecule has 0 bridgehead atoms. The topological polar surface area (TPSA) is 21.3 Å². The van der Waals surface area contributed by atoms with Crippen LogP contribution in [0.15, 0.2) is 30.9 Å². The second-order valence-electron chi connectivity index (χ2n) is 3.82. The van der Waals surface area contributed by atoms with Crippen molar-refractivity contribution in [2.24, 2.45) is 0 Å². The highest BCUT2D eigenvalue weighted by atomic mass is 35.5. The standard InChI is InChI=1S/C14H20ClNO/c1-3-5-10-17-14-8-6-7-13(15)12(14)11-16-9-4-2/h3,6-8,16H,1,4-5,9-11H2,2H3. The third-order valence-electron chi connectivity index (χ3n) is 2.38. The van der Waals surface area contributed by atoms with Gasteiger partial charge in [-0.15, -0.1) is 6.58 Å². The number of ether oxygens (including phenoxy) is 1. The zero-order valence-electron chi connectivity index (χ0n) is 10.3. The Bertz CT molecular complexity index is 352. The van der Waals surface area contributed by atoms with Gasteiger partial charge in [-0.3, -0.25) is 0 Å². The molecule has 0 saturated heterocycles. The molecule has 0 aliphatic rings. The summed E-state index contributed by atoms with van der Waals surface area (Å²) in [5, 5.41) is 4.09. The molecule has 94 valence electrons. The number of halogens is 1. The average Bonchev–Trinajstić information content (AvgIpc) is 2.33. The van der Waals surface area contributed by atoms with E-state index in [4.69, 9.17) is 16.3 Å². The number of rotatable bonds is 8. The Hall–Kier alpha value is -0.990. The fourth-order valence-corrected chi connectivity index (χ4v) is 1.72. The molecule has 0 radical (unpaired) electrons. The number of benzene rings is 1. The Morgan fingerprint density at radius 1 is 1.47 bits per heavy atom. The maximum Gasteiger partial charge on any atom is 0.125 e. The molecule has 0 atom stereocenters. The average molecular weight is 254 g/mol. The summed E-state index contributed by atoms with van der Waals surface area (Å²) < 4.78 is 5.69. The second-order valence-corrected chi connectivity index (χ2v) is 4.23. The minimum Gasteiger partial charge on any atom is -0.493 e. The molecule has 17 heavy (non-hydrogen) atoms. The van der Waals surface area contributed by atoms with E-state index in [2.05, 4.69) is 18.8 Å². The Kier molecular flexibility index (Phi) is 6.75. The van der Waals surface area contributed by atoms with Gasteiger partial charge >= 0.3 is 0 Å². The molecule has 0 heterocycles. The van der Waals surface area contributed by atoms with E-state index >= 15 is 0 Å². The highest BCUT2D eigenvalue weighted by molar-refractivity contribution is 6.31. The largest absolute Gasteiger partial charge is 0.493 e. The van der Waals surface area contributed by atoms with Gasteiger partial charge in [0.1, 0.15) is 5.75 Å². The molecular weight excluding hydrogens is 234 g/mol. The van der Waals surface area contributed by atoms with Crippen molar-refractivity contribution in [3.8, 4) is 5.75 Å². The van der Waals surface area contributed by atoms with Crippen molar-refractivity contribution in [1.82, 2.24) is 5.32 Å². The van der Waals surface area contributed by atoms with Gasteiger partial charge in [-0.05, 0) is 31.5 Å². The fraction of sp³-hybridized carbons (Fsp3) is 0.429. The molecule has 1 aromatic carbocycles. The van der Waals surface area contributed by atoms with Crippen LogP contribution >= 0.6 is 11.6 Å². The number of nitrogens with one attached hydrogen (secondary N) is 1. The summed E-state index contributed by atoms with van der Waals surface area (Å²) in [5.74, 6) is 0.864. The van der Waals surface area contributed by atoms with Gasteiger partial charge in [0, 0.05) is 17.1 Å².